The van der Waals surface area contributed by atoms with Crippen molar-refractivity contribution in [3.63, 3.8) is 0 Å². The molecule has 0 unspecified atom stereocenters. The number of amides is 1. The molecule has 0 spiro atoms. The van der Waals surface area contributed by atoms with Gasteiger partial charge in [0.15, 0.2) is 11.3 Å². The Morgan fingerprint density at radius 3 is 2.40 bits per heavy atom. The maximum Gasteiger partial charge on any atom is 1.00 e. The molecule has 14 heteroatoms. The number of carbonyl (C=O) groups is 1. The van der Waals surface area contributed by atoms with Gasteiger partial charge in [0, 0.05) is 28.9 Å². The second kappa shape index (κ2) is 11.3. The van der Waals surface area contributed by atoms with Crippen LogP contribution in [0.5, 0.6) is 5.75 Å². The molecule has 2 aromatic heterocycles. The van der Waals surface area contributed by atoms with Gasteiger partial charge in [-0.25, -0.2) is 8.42 Å². The van der Waals surface area contributed by atoms with Crippen molar-refractivity contribution in [1.29, 1.82) is 0 Å². The summed E-state index contributed by atoms with van der Waals surface area (Å²) in [4.78, 5) is 16.9. The minimum atomic E-state index is -3.60. The van der Waals surface area contributed by atoms with Crippen LogP contribution in [0.2, 0.25) is 10.0 Å². The van der Waals surface area contributed by atoms with Crippen molar-refractivity contribution in [2.75, 3.05) is 16.3 Å². The second-order valence-corrected chi connectivity index (χ2v) is 9.38. The molecule has 2 heterocycles. The van der Waals surface area contributed by atoms with Gasteiger partial charge < -0.3 is 14.5 Å². The monoisotopic (exact) mass is 554 g/mol. The Labute approximate surface area is 231 Å². The van der Waals surface area contributed by atoms with E-state index in [1.807, 2.05) is 0 Å². The van der Waals surface area contributed by atoms with Gasteiger partial charge in [-0.1, -0.05) is 30.6 Å². The van der Waals surface area contributed by atoms with Crippen molar-refractivity contribution < 1.29 is 60.7 Å². The predicted molar refractivity (Wildman–Crippen MR) is 128 cm³/mol. The number of rotatable bonds is 6. The Kier molecular flexibility index (Phi) is 9.37. The number of carbonyl (C=O) groups excluding carboxylic acids is 1. The van der Waals surface area contributed by atoms with E-state index in [0.717, 1.165) is 12.3 Å². The smallest absolute Gasteiger partial charge is 0.452 e. The van der Waals surface area contributed by atoms with Gasteiger partial charge in [-0.3, -0.25) is 14.5 Å². The molecule has 2 N–H and O–H groups in total. The molecule has 4 aromatic rings. The van der Waals surface area contributed by atoms with Crippen LogP contribution in [-0.4, -0.2) is 32.2 Å². The number of halogens is 4. The number of alkyl halides is 2. The molecule has 0 bridgehead atoms. The van der Waals surface area contributed by atoms with Crippen LogP contribution >= 0.6 is 23.2 Å². The number of hydrogen-bond acceptors (Lipinski definition) is 6. The summed E-state index contributed by atoms with van der Waals surface area (Å²) < 4.78 is 61.7. The molecule has 180 valence electrons. The number of furan rings is 1. The van der Waals surface area contributed by atoms with Crippen LogP contribution in [0, 0.1) is 0 Å². The average molecular weight is 555 g/mol. The van der Waals surface area contributed by atoms with Gasteiger partial charge in [-0.15, -0.1) is 0 Å². The summed E-state index contributed by atoms with van der Waals surface area (Å²) in [7, 11) is -3.60. The Bertz CT molecular complexity index is 1500. The first-order valence-corrected chi connectivity index (χ1v) is 11.7. The number of fused-ring (bicyclic) bond motifs is 3. The van der Waals surface area contributed by atoms with Gasteiger partial charge in [0.25, 0.3) is 5.91 Å². The number of hydrogen-bond donors (Lipinski definition) is 2. The standard InChI is InChI=1S/C20H13Cl2F2N3O5S.CH4.Na/c1-33(29,30)27-9-2-4-14-11(6-9)16-10(3-5-15(18(16)31-14)32-20(23)24)19(28)26-17-12(21)7-25-8-13(17)22;;/h2-8,20,27H,1H3,(H,25,26,28);1H4;/q;;+1. The fraction of sp³-hybridized carbons (Fsp3) is 0.143. The SMILES string of the molecule is C.CS(=O)(=O)Nc1ccc2oc3c(OC(F)F)ccc(C(=O)Nc4c(Cl)cncc4Cl)c3c2c1.[Na+]. The van der Waals surface area contributed by atoms with Crippen molar-refractivity contribution in [1.82, 2.24) is 4.98 Å². The molecular weight excluding hydrogens is 538 g/mol. The summed E-state index contributed by atoms with van der Waals surface area (Å²) in [5.41, 5.74) is 0.390. The fourth-order valence-corrected chi connectivity index (χ4v) is 4.24. The summed E-state index contributed by atoms with van der Waals surface area (Å²) >= 11 is 12.1. The minimum Gasteiger partial charge on any atom is -0.452 e. The van der Waals surface area contributed by atoms with Gasteiger partial charge in [-0.05, 0) is 30.3 Å². The molecule has 8 nitrogen and oxygen atoms in total. The molecule has 0 radical (unpaired) electrons. The van der Waals surface area contributed by atoms with Crippen LogP contribution in [0.3, 0.4) is 0 Å². The number of pyridine rings is 1. The number of ether oxygens (including phenoxy) is 1. The number of nitrogens with zero attached hydrogens (tertiary/aromatic N) is 1. The second-order valence-electron chi connectivity index (χ2n) is 6.81. The maximum atomic E-state index is 13.1. The molecule has 2 aromatic carbocycles. The third-order valence-corrected chi connectivity index (χ3v) is 5.62. The Balaban J connectivity index is 0.00000216. The maximum absolute atomic E-state index is 13.1. The Morgan fingerprint density at radius 2 is 1.80 bits per heavy atom. The molecule has 0 aliphatic carbocycles. The topological polar surface area (TPSA) is 111 Å². The molecule has 0 saturated heterocycles. The zero-order valence-corrected chi connectivity index (χ0v) is 21.9. The third kappa shape index (κ3) is 6.35. The summed E-state index contributed by atoms with van der Waals surface area (Å²) in [6.07, 6.45) is 3.55. The molecule has 0 aliphatic heterocycles. The summed E-state index contributed by atoms with van der Waals surface area (Å²) in [5.74, 6) is -0.979. The molecule has 0 fully saturated rings. The zero-order chi connectivity index (χ0) is 23.9. The predicted octanol–water partition coefficient (Wildman–Crippen LogP) is 3.15. The quantitative estimate of drug-likeness (QED) is 0.354. The number of benzene rings is 2. The van der Waals surface area contributed by atoms with Crippen molar-refractivity contribution >= 4 is 72.4 Å². The first-order valence-electron chi connectivity index (χ1n) is 9.05. The Hall–Kier alpha value is -2.15. The van der Waals surface area contributed by atoms with Crippen molar-refractivity contribution in [2.24, 2.45) is 0 Å². The first kappa shape index (κ1) is 29.1. The number of aromatic nitrogens is 1. The largest absolute Gasteiger partial charge is 1.00 e. The first-order chi connectivity index (χ1) is 15.5. The van der Waals surface area contributed by atoms with Gasteiger partial charge in [0.2, 0.25) is 10.0 Å². The molecule has 0 saturated carbocycles. The van der Waals surface area contributed by atoms with E-state index in [4.69, 9.17) is 27.6 Å². The van der Waals surface area contributed by atoms with Crippen LogP contribution < -0.4 is 44.3 Å². The number of anilines is 2. The number of sulfonamides is 1. The summed E-state index contributed by atoms with van der Waals surface area (Å²) in [5, 5.41) is 3.15. The summed E-state index contributed by atoms with van der Waals surface area (Å²) in [6, 6.07) is 6.71. The molecule has 0 aliphatic rings. The van der Waals surface area contributed by atoms with Crippen LogP contribution in [-0.2, 0) is 10.0 Å². The van der Waals surface area contributed by atoms with E-state index in [-0.39, 0.29) is 91.7 Å². The van der Waals surface area contributed by atoms with E-state index >= 15 is 0 Å². The van der Waals surface area contributed by atoms with Gasteiger partial charge in [-0.2, -0.15) is 8.78 Å². The normalized spacial score (nSPS) is 11.1. The van der Waals surface area contributed by atoms with Crippen molar-refractivity contribution in [2.45, 2.75) is 14.0 Å². The van der Waals surface area contributed by atoms with Crippen LogP contribution in [0.1, 0.15) is 17.8 Å². The van der Waals surface area contributed by atoms with E-state index in [9.17, 15) is 22.0 Å². The molecule has 1 amide bonds. The van der Waals surface area contributed by atoms with Crippen molar-refractivity contribution in [3.05, 3.63) is 58.3 Å². The fourth-order valence-electron chi connectivity index (χ4n) is 3.22. The Morgan fingerprint density at radius 1 is 1.14 bits per heavy atom. The van der Waals surface area contributed by atoms with E-state index in [2.05, 4.69) is 19.8 Å². The molecular formula is C21H17Cl2F2N3NaO5S+. The van der Waals surface area contributed by atoms with Crippen LogP contribution in [0.25, 0.3) is 21.9 Å². The molecule has 35 heavy (non-hydrogen) atoms. The average Bonchev–Trinajstić information content (AvgIpc) is 3.09. The van der Waals surface area contributed by atoms with Gasteiger partial charge >= 0.3 is 36.2 Å². The van der Waals surface area contributed by atoms with Gasteiger partial charge in [0.1, 0.15) is 5.58 Å². The van der Waals surface area contributed by atoms with Crippen LogP contribution in [0.15, 0.2) is 47.1 Å². The van der Waals surface area contributed by atoms with Crippen molar-refractivity contribution in [3.8, 4) is 5.75 Å². The third-order valence-electron chi connectivity index (χ3n) is 4.44. The van der Waals surface area contributed by atoms with E-state index in [0.29, 0.717) is 0 Å². The van der Waals surface area contributed by atoms with E-state index in [1.165, 1.54) is 36.7 Å². The molecule has 0 atom stereocenters. The van der Waals surface area contributed by atoms with E-state index in [1.54, 1.807) is 0 Å². The van der Waals surface area contributed by atoms with Gasteiger partial charge in [0.05, 0.1) is 27.6 Å². The minimum absolute atomic E-state index is 0. The summed E-state index contributed by atoms with van der Waals surface area (Å²) in [6.45, 7) is -3.14. The molecule has 4 rings (SSSR count). The zero-order valence-electron chi connectivity index (χ0n) is 17.5. The van der Waals surface area contributed by atoms with Crippen LogP contribution in [0.4, 0.5) is 20.2 Å². The number of nitrogens with one attached hydrogen (secondary N) is 2. The van der Waals surface area contributed by atoms with E-state index < -0.39 is 22.5 Å².